The molecule has 1 heterocycles. The Morgan fingerprint density at radius 2 is 1.88 bits per heavy atom. The molecule has 0 saturated carbocycles. The summed E-state index contributed by atoms with van der Waals surface area (Å²) in [6, 6.07) is 14.8. The lowest BCUT2D eigenvalue weighted by molar-refractivity contribution is -0.160. The first-order chi connectivity index (χ1) is 12.1. The molecule has 0 aliphatic carbocycles. The molecule has 4 nitrogen and oxygen atoms in total. The van der Waals surface area contributed by atoms with Gasteiger partial charge in [0.25, 0.3) is 0 Å². The molecule has 2 aromatic carbocycles. The highest BCUT2D eigenvalue weighted by Crippen LogP contribution is 2.35. The highest BCUT2D eigenvalue weighted by atomic mass is 35.5. The Kier molecular flexibility index (Phi) is 5.97. The zero-order valence-corrected chi connectivity index (χ0v) is 15.1. The number of hydrogen-bond donors (Lipinski definition) is 1. The van der Waals surface area contributed by atoms with Crippen molar-refractivity contribution in [3.63, 3.8) is 0 Å². The predicted molar refractivity (Wildman–Crippen MR) is 97.6 cm³/mol. The first-order valence-corrected chi connectivity index (χ1v) is 8.86. The number of amides is 1. The summed E-state index contributed by atoms with van der Waals surface area (Å²) in [5, 5.41) is 10.3. The number of rotatable bonds is 5. The zero-order valence-electron chi connectivity index (χ0n) is 13.6. The summed E-state index contributed by atoms with van der Waals surface area (Å²) in [6.07, 6.45) is 0.132. The molecule has 3 rings (SSSR count). The van der Waals surface area contributed by atoms with Gasteiger partial charge in [0.1, 0.15) is 6.61 Å². The lowest BCUT2D eigenvalue weighted by Crippen LogP contribution is -2.48. The van der Waals surface area contributed by atoms with E-state index in [0.717, 1.165) is 11.1 Å². The van der Waals surface area contributed by atoms with E-state index >= 15 is 0 Å². The van der Waals surface area contributed by atoms with Crippen LogP contribution >= 0.6 is 23.2 Å². The Labute approximate surface area is 156 Å². The lowest BCUT2D eigenvalue weighted by Gasteiger charge is -2.41. The molecular formula is C19H19Cl2NO3. The van der Waals surface area contributed by atoms with Gasteiger partial charge in [-0.15, -0.1) is 0 Å². The number of aliphatic hydroxyl groups excluding tert-OH is 1. The molecule has 132 valence electrons. The standard InChI is InChI=1S/C19H19Cl2NO3/c20-15-7-6-14(10-16(15)21)19-17(8-9-23)25-12-18(24)22(19)11-13-4-2-1-3-5-13/h1-7,10,17,19,23H,8-9,11-12H2. The van der Waals surface area contributed by atoms with Gasteiger partial charge in [0.15, 0.2) is 0 Å². The van der Waals surface area contributed by atoms with E-state index in [1.807, 2.05) is 36.4 Å². The van der Waals surface area contributed by atoms with Gasteiger partial charge in [0.2, 0.25) is 5.91 Å². The van der Waals surface area contributed by atoms with Crippen molar-refractivity contribution in [1.82, 2.24) is 4.90 Å². The smallest absolute Gasteiger partial charge is 0.249 e. The highest BCUT2D eigenvalue weighted by molar-refractivity contribution is 6.42. The largest absolute Gasteiger partial charge is 0.396 e. The van der Waals surface area contributed by atoms with Gasteiger partial charge in [-0.3, -0.25) is 4.79 Å². The van der Waals surface area contributed by atoms with Crippen LogP contribution in [0.15, 0.2) is 48.5 Å². The Morgan fingerprint density at radius 1 is 1.12 bits per heavy atom. The minimum Gasteiger partial charge on any atom is -0.396 e. The van der Waals surface area contributed by atoms with E-state index in [1.54, 1.807) is 17.0 Å². The molecule has 1 N–H and O–H groups in total. The molecule has 1 aliphatic rings. The van der Waals surface area contributed by atoms with Crippen LogP contribution in [0.3, 0.4) is 0 Å². The summed E-state index contributed by atoms with van der Waals surface area (Å²) in [6.45, 7) is 0.459. The minimum absolute atomic E-state index is 0.00925. The minimum atomic E-state index is -0.330. The maximum absolute atomic E-state index is 12.6. The average molecular weight is 380 g/mol. The van der Waals surface area contributed by atoms with Crippen LogP contribution in [0.1, 0.15) is 23.6 Å². The van der Waals surface area contributed by atoms with E-state index in [2.05, 4.69) is 0 Å². The van der Waals surface area contributed by atoms with Crippen LogP contribution in [0.5, 0.6) is 0 Å². The normalized spacial score (nSPS) is 20.8. The fourth-order valence-corrected chi connectivity index (χ4v) is 3.44. The van der Waals surface area contributed by atoms with E-state index in [-0.39, 0.29) is 31.3 Å². The fraction of sp³-hybridized carbons (Fsp3) is 0.316. The van der Waals surface area contributed by atoms with Crippen LogP contribution < -0.4 is 0 Å². The second kappa shape index (κ2) is 8.19. The number of carbonyl (C=O) groups excluding carboxylic acids is 1. The molecule has 0 bridgehead atoms. The van der Waals surface area contributed by atoms with Crippen LogP contribution in [-0.2, 0) is 16.1 Å². The Morgan fingerprint density at radius 3 is 2.56 bits per heavy atom. The van der Waals surface area contributed by atoms with Crippen LogP contribution in [-0.4, -0.2) is 35.2 Å². The molecule has 6 heteroatoms. The molecule has 0 radical (unpaired) electrons. The van der Waals surface area contributed by atoms with Gasteiger partial charge in [-0.2, -0.15) is 0 Å². The van der Waals surface area contributed by atoms with Crippen molar-refractivity contribution in [3.05, 3.63) is 69.7 Å². The molecule has 1 saturated heterocycles. The Balaban J connectivity index is 1.97. The van der Waals surface area contributed by atoms with Crippen LogP contribution in [0.2, 0.25) is 10.0 Å². The number of ether oxygens (including phenoxy) is 1. The maximum atomic E-state index is 12.6. The van der Waals surface area contributed by atoms with Crippen molar-refractivity contribution in [2.45, 2.75) is 25.1 Å². The van der Waals surface area contributed by atoms with Crippen molar-refractivity contribution in [2.24, 2.45) is 0 Å². The molecule has 1 fully saturated rings. The van der Waals surface area contributed by atoms with Crippen LogP contribution in [0.4, 0.5) is 0 Å². The number of halogens is 2. The topological polar surface area (TPSA) is 49.8 Å². The van der Waals surface area contributed by atoms with E-state index < -0.39 is 0 Å². The summed E-state index contributed by atoms with van der Waals surface area (Å²) in [5.74, 6) is -0.0888. The number of benzene rings is 2. The first-order valence-electron chi connectivity index (χ1n) is 8.11. The highest BCUT2D eigenvalue weighted by Gasteiger charge is 2.37. The van der Waals surface area contributed by atoms with Gasteiger partial charge < -0.3 is 14.7 Å². The Hall–Kier alpha value is -1.59. The summed E-state index contributed by atoms with van der Waals surface area (Å²) in [5.41, 5.74) is 1.88. The van der Waals surface area contributed by atoms with Crippen molar-refractivity contribution in [1.29, 1.82) is 0 Å². The van der Waals surface area contributed by atoms with Crippen molar-refractivity contribution in [2.75, 3.05) is 13.2 Å². The quantitative estimate of drug-likeness (QED) is 0.858. The number of nitrogens with zero attached hydrogens (tertiary/aromatic N) is 1. The van der Waals surface area contributed by atoms with Gasteiger partial charge >= 0.3 is 0 Å². The number of hydrogen-bond acceptors (Lipinski definition) is 3. The van der Waals surface area contributed by atoms with Crippen molar-refractivity contribution < 1.29 is 14.6 Å². The molecule has 1 aliphatic heterocycles. The predicted octanol–water partition coefficient (Wildman–Crippen LogP) is 3.84. The third-order valence-electron chi connectivity index (χ3n) is 4.32. The summed E-state index contributed by atoms with van der Waals surface area (Å²) in [7, 11) is 0. The molecule has 0 spiro atoms. The van der Waals surface area contributed by atoms with Crippen molar-refractivity contribution >= 4 is 29.1 Å². The molecule has 2 aromatic rings. The third kappa shape index (κ3) is 4.15. The zero-order chi connectivity index (χ0) is 17.8. The first kappa shape index (κ1) is 18.2. The average Bonchev–Trinajstić information content (AvgIpc) is 2.62. The van der Waals surface area contributed by atoms with E-state index in [0.29, 0.717) is 23.0 Å². The number of aliphatic hydroxyl groups is 1. The van der Waals surface area contributed by atoms with Crippen LogP contribution in [0.25, 0.3) is 0 Å². The SMILES string of the molecule is O=C1COC(CCO)C(c2ccc(Cl)c(Cl)c2)N1Cc1ccccc1. The maximum Gasteiger partial charge on any atom is 0.249 e. The number of carbonyl (C=O) groups is 1. The monoisotopic (exact) mass is 379 g/mol. The lowest BCUT2D eigenvalue weighted by atomic mass is 9.95. The van der Waals surface area contributed by atoms with Gasteiger partial charge in [0.05, 0.1) is 22.2 Å². The second-order valence-electron chi connectivity index (χ2n) is 5.99. The second-order valence-corrected chi connectivity index (χ2v) is 6.80. The number of morpholine rings is 1. The van der Waals surface area contributed by atoms with Gasteiger partial charge in [-0.1, -0.05) is 59.6 Å². The van der Waals surface area contributed by atoms with Crippen molar-refractivity contribution in [3.8, 4) is 0 Å². The fourth-order valence-electron chi connectivity index (χ4n) is 3.13. The summed E-state index contributed by atoms with van der Waals surface area (Å²) in [4.78, 5) is 14.4. The summed E-state index contributed by atoms with van der Waals surface area (Å²) < 4.78 is 5.71. The molecule has 2 atom stereocenters. The van der Waals surface area contributed by atoms with Crippen LogP contribution in [0, 0.1) is 0 Å². The molecule has 1 amide bonds. The van der Waals surface area contributed by atoms with E-state index in [4.69, 9.17) is 27.9 Å². The van der Waals surface area contributed by atoms with E-state index in [1.165, 1.54) is 0 Å². The molecule has 0 aromatic heterocycles. The van der Waals surface area contributed by atoms with Gasteiger partial charge in [-0.25, -0.2) is 0 Å². The Bertz CT molecular complexity index is 739. The van der Waals surface area contributed by atoms with Gasteiger partial charge in [0, 0.05) is 13.2 Å². The third-order valence-corrected chi connectivity index (χ3v) is 5.06. The molecular weight excluding hydrogens is 361 g/mol. The van der Waals surface area contributed by atoms with E-state index in [9.17, 15) is 9.90 Å². The summed E-state index contributed by atoms with van der Waals surface area (Å²) >= 11 is 12.2. The molecule has 25 heavy (non-hydrogen) atoms. The molecule has 2 unspecified atom stereocenters. The van der Waals surface area contributed by atoms with Gasteiger partial charge in [-0.05, 0) is 29.7 Å².